The highest BCUT2D eigenvalue weighted by Gasteiger charge is 2.23. The topological polar surface area (TPSA) is 158 Å². The fourth-order valence-corrected chi connectivity index (χ4v) is 4.53. The van der Waals surface area contributed by atoms with E-state index >= 15 is 0 Å². The third-order valence-electron chi connectivity index (χ3n) is 6.75. The number of carbonyl (C=O) groups excluding carboxylic acids is 2. The Morgan fingerprint density at radius 1 is 0.738 bits per heavy atom. The zero-order valence-electron chi connectivity index (χ0n) is 22.7. The Morgan fingerprint density at radius 2 is 1.26 bits per heavy atom. The average Bonchev–Trinajstić information content (AvgIpc) is 2.98. The first-order valence-electron chi connectivity index (χ1n) is 13.3. The zero-order chi connectivity index (χ0) is 29.6. The Hall–Kier alpha value is -5.25. The summed E-state index contributed by atoms with van der Waals surface area (Å²) in [7, 11) is 0. The molecule has 4 aromatic carbocycles. The van der Waals surface area contributed by atoms with E-state index in [0.717, 1.165) is 11.1 Å². The van der Waals surface area contributed by atoms with Crippen LogP contribution in [0.5, 0.6) is 17.2 Å². The smallest absolute Gasteiger partial charge is 0.370 e. The van der Waals surface area contributed by atoms with Gasteiger partial charge in [0, 0.05) is 25.0 Å². The van der Waals surface area contributed by atoms with E-state index in [-0.39, 0.29) is 28.0 Å². The first-order chi connectivity index (χ1) is 20.3. The van der Waals surface area contributed by atoms with Gasteiger partial charge in [0.15, 0.2) is 12.1 Å². The Labute approximate surface area is 240 Å². The number of phenols is 1. The van der Waals surface area contributed by atoms with Gasteiger partial charge in [-0.05, 0) is 28.8 Å². The van der Waals surface area contributed by atoms with Crippen LogP contribution in [0.2, 0.25) is 0 Å². The summed E-state index contributed by atoms with van der Waals surface area (Å²) in [4.78, 5) is 38.4. The lowest BCUT2D eigenvalue weighted by Crippen LogP contribution is -2.67. The molecular formula is C33H30N2O7+2. The van der Waals surface area contributed by atoms with E-state index in [9.17, 15) is 19.5 Å². The van der Waals surface area contributed by atoms with Gasteiger partial charge in [0.1, 0.15) is 34.5 Å². The number of aromatic hydroxyl groups is 1. The maximum atomic E-state index is 13.3. The standard InChI is InChI=1S/C33H28N2O7/c34-26(15-20-7-3-1-4-8-20)32(38)41-23-13-11-22(12-14-23)25-19-40-29-18-24(17-28(36)30(29)31(25)37)42-33(39)27(35)16-21-9-5-2-6-10-21/h1-14,17-19,26-27,36H,15-16,34-35H2/p+2. The molecule has 42 heavy (non-hydrogen) atoms. The van der Waals surface area contributed by atoms with Crippen LogP contribution in [0.3, 0.4) is 0 Å². The molecule has 9 heteroatoms. The summed E-state index contributed by atoms with van der Waals surface area (Å²) in [5.74, 6) is -1.10. The molecule has 5 rings (SSSR count). The van der Waals surface area contributed by atoms with Crippen LogP contribution < -0.4 is 26.4 Å². The number of benzene rings is 4. The summed E-state index contributed by atoms with van der Waals surface area (Å²) < 4.78 is 16.5. The van der Waals surface area contributed by atoms with Crippen LogP contribution in [0.4, 0.5) is 0 Å². The molecule has 0 fully saturated rings. The number of phenolic OH excluding ortho intramolecular Hbond substituents is 1. The Morgan fingerprint density at radius 3 is 1.81 bits per heavy atom. The quantitative estimate of drug-likeness (QED) is 0.183. The summed E-state index contributed by atoms with van der Waals surface area (Å²) in [5, 5.41) is 10.6. The number of rotatable bonds is 9. The molecule has 0 aliphatic heterocycles. The minimum atomic E-state index is -0.676. The second-order valence-electron chi connectivity index (χ2n) is 9.93. The van der Waals surface area contributed by atoms with Gasteiger partial charge in [0.25, 0.3) is 0 Å². The number of hydrogen-bond donors (Lipinski definition) is 3. The predicted octanol–water partition coefficient (Wildman–Crippen LogP) is 2.68. The lowest BCUT2D eigenvalue weighted by Gasteiger charge is -2.11. The van der Waals surface area contributed by atoms with E-state index in [2.05, 4.69) is 11.5 Å². The molecule has 0 aliphatic carbocycles. The molecule has 1 aromatic heterocycles. The van der Waals surface area contributed by atoms with E-state index in [0.29, 0.717) is 24.2 Å². The SMILES string of the molecule is [NH3+]C(Cc1ccccc1)C(=O)Oc1ccc(-c2coc3cc(OC(=O)C([NH3+])Cc4ccccc4)cc(O)c3c2=O)cc1. The summed E-state index contributed by atoms with van der Waals surface area (Å²) >= 11 is 0. The van der Waals surface area contributed by atoms with Gasteiger partial charge in [-0.15, -0.1) is 0 Å². The third-order valence-corrected chi connectivity index (χ3v) is 6.75. The number of hydrogen-bond acceptors (Lipinski definition) is 7. The van der Waals surface area contributed by atoms with Gasteiger partial charge in [-0.25, -0.2) is 9.59 Å². The molecule has 0 bridgehead atoms. The minimum absolute atomic E-state index is 0.0322. The van der Waals surface area contributed by atoms with Gasteiger partial charge in [-0.2, -0.15) is 0 Å². The van der Waals surface area contributed by atoms with Gasteiger partial charge < -0.3 is 30.5 Å². The lowest BCUT2D eigenvalue weighted by molar-refractivity contribution is -0.406. The van der Waals surface area contributed by atoms with Crippen molar-refractivity contribution in [2.75, 3.05) is 0 Å². The number of carbonyl (C=O) groups is 2. The fraction of sp³-hybridized carbons (Fsp3) is 0.121. The third kappa shape index (κ3) is 6.55. The van der Waals surface area contributed by atoms with Crippen LogP contribution in [0.1, 0.15) is 11.1 Å². The van der Waals surface area contributed by atoms with Crippen LogP contribution in [-0.4, -0.2) is 29.1 Å². The molecule has 0 saturated heterocycles. The molecule has 0 saturated carbocycles. The zero-order valence-corrected chi connectivity index (χ0v) is 22.7. The number of quaternary nitrogens is 2. The van der Waals surface area contributed by atoms with E-state index in [1.165, 1.54) is 18.4 Å². The van der Waals surface area contributed by atoms with Crippen molar-refractivity contribution < 1.29 is 40.1 Å². The van der Waals surface area contributed by atoms with Crippen molar-refractivity contribution in [1.29, 1.82) is 0 Å². The molecule has 5 aromatic rings. The normalized spacial score (nSPS) is 12.4. The molecule has 0 spiro atoms. The predicted molar refractivity (Wildman–Crippen MR) is 154 cm³/mol. The van der Waals surface area contributed by atoms with Crippen LogP contribution in [0.15, 0.2) is 113 Å². The Kier molecular flexibility index (Phi) is 8.42. The van der Waals surface area contributed by atoms with Crippen molar-refractivity contribution in [2.45, 2.75) is 24.9 Å². The number of ether oxygens (including phenoxy) is 2. The molecule has 212 valence electrons. The van der Waals surface area contributed by atoms with Gasteiger partial charge in [0.2, 0.25) is 5.43 Å². The largest absolute Gasteiger partial charge is 0.507 e. The average molecular weight is 567 g/mol. The van der Waals surface area contributed by atoms with E-state index in [1.807, 2.05) is 60.7 Å². The lowest BCUT2D eigenvalue weighted by atomic mass is 10.0. The molecule has 9 nitrogen and oxygen atoms in total. The summed E-state index contributed by atoms with van der Waals surface area (Å²) in [6.45, 7) is 0. The molecule has 2 atom stereocenters. The van der Waals surface area contributed by atoms with Crippen LogP contribution >= 0.6 is 0 Å². The summed E-state index contributed by atoms with van der Waals surface area (Å²) in [6, 6.07) is 26.6. The maximum Gasteiger partial charge on any atom is 0.370 e. The molecule has 2 unspecified atom stereocenters. The molecule has 0 aliphatic rings. The van der Waals surface area contributed by atoms with Crippen molar-refractivity contribution in [2.24, 2.45) is 0 Å². The highest BCUT2D eigenvalue weighted by Crippen LogP contribution is 2.31. The molecule has 0 amide bonds. The van der Waals surface area contributed by atoms with E-state index < -0.39 is 29.5 Å². The fourth-order valence-electron chi connectivity index (χ4n) is 4.53. The van der Waals surface area contributed by atoms with Crippen molar-refractivity contribution in [3.63, 3.8) is 0 Å². The first-order valence-corrected chi connectivity index (χ1v) is 13.3. The molecule has 1 heterocycles. The van der Waals surface area contributed by atoms with Crippen LogP contribution in [0.25, 0.3) is 22.1 Å². The summed E-state index contributed by atoms with van der Waals surface area (Å²) in [5.41, 5.74) is 9.98. The molecule has 7 N–H and O–H groups in total. The number of fused-ring (bicyclic) bond motifs is 1. The monoisotopic (exact) mass is 566 g/mol. The Bertz CT molecular complexity index is 1770. The maximum absolute atomic E-state index is 13.3. The Balaban J connectivity index is 1.28. The van der Waals surface area contributed by atoms with Crippen LogP contribution in [0, 0.1) is 0 Å². The molecule has 0 radical (unpaired) electrons. The second-order valence-corrected chi connectivity index (χ2v) is 9.93. The highest BCUT2D eigenvalue weighted by atomic mass is 16.5. The van der Waals surface area contributed by atoms with Crippen LogP contribution in [-0.2, 0) is 22.4 Å². The van der Waals surface area contributed by atoms with Gasteiger partial charge >= 0.3 is 11.9 Å². The van der Waals surface area contributed by atoms with Gasteiger partial charge in [-0.3, -0.25) is 4.79 Å². The van der Waals surface area contributed by atoms with Crippen molar-refractivity contribution in [3.8, 4) is 28.4 Å². The van der Waals surface area contributed by atoms with E-state index in [1.54, 1.807) is 24.3 Å². The van der Waals surface area contributed by atoms with Crippen molar-refractivity contribution in [1.82, 2.24) is 0 Å². The first kappa shape index (κ1) is 28.3. The number of esters is 2. The minimum Gasteiger partial charge on any atom is -0.507 e. The van der Waals surface area contributed by atoms with Gasteiger partial charge in [-0.1, -0.05) is 72.8 Å². The van der Waals surface area contributed by atoms with Crippen molar-refractivity contribution >= 4 is 22.9 Å². The summed E-state index contributed by atoms with van der Waals surface area (Å²) in [6.07, 6.45) is 2.10. The van der Waals surface area contributed by atoms with Crippen molar-refractivity contribution in [3.05, 3.63) is 125 Å². The second kappa shape index (κ2) is 12.5. The van der Waals surface area contributed by atoms with E-state index in [4.69, 9.17) is 13.9 Å². The van der Waals surface area contributed by atoms with Gasteiger partial charge in [0.05, 0.1) is 5.56 Å². The molecular weight excluding hydrogens is 536 g/mol. The highest BCUT2D eigenvalue weighted by molar-refractivity contribution is 5.89.